The monoisotopic (exact) mass is 292 g/mol. The number of nitrogens with one attached hydrogen (secondary N) is 2. The number of amides is 2. The van der Waals surface area contributed by atoms with Crippen molar-refractivity contribution in [2.45, 2.75) is 45.2 Å². The van der Waals surface area contributed by atoms with E-state index in [9.17, 15) is 9.59 Å². The maximum Gasteiger partial charge on any atom is 0.339 e. The summed E-state index contributed by atoms with van der Waals surface area (Å²) in [6.07, 6.45) is 4.84. The second-order valence-corrected chi connectivity index (χ2v) is 6.02. The summed E-state index contributed by atoms with van der Waals surface area (Å²) < 4.78 is 5.33. The molecule has 0 aliphatic heterocycles. The lowest BCUT2D eigenvalue weighted by Crippen LogP contribution is -2.44. The van der Waals surface area contributed by atoms with Gasteiger partial charge in [0, 0.05) is 6.04 Å². The number of aryl methyl sites for hydroxylation is 1. The smallest absolute Gasteiger partial charge is 0.339 e. The Balaban J connectivity index is 1.51. The van der Waals surface area contributed by atoms with Crippen molar-refractivity contribution in [2.75, 3.05) is 0 Å². The normalized spacial score (nSPS) is 17.8. The Morgan fingerprint density at radius 2 is 1.95 bits per heavy atom. The fourth-order valence-electron chi connectivity index (χ4n) is 2.74. The highest BCUT2D eigenvalue weighted by atomic mass is 16.4. The minimum absolute atomic E-state index is 0.140. The van der Waals surface area contributed by atoms with E-state index in [4.69, 9.17) is 9.52 Å². The van der Waals surface area contributed by atoms with E-state index in [1.165, 1.54) is 31.7 Å². The topological polar surface area (TPSA) is 91.6 Å². The van der Waals surface area contributed by atoms with E-state index in [2.05, 4.69) is 10.6 Å². The molecule has 0 bridgehead atoms. The maximum atomic E-state index is 11.9. The number of hydrogen-bond acceptors (Lipinski definition) is 3. The predicted octanol–water partition coefficient (Wildman–Crippen LogP) is 2.27. The molecule has 2 aliphatic carbocycles. The van der Waals surface area contributed by atoms with Crippen molar-refractivity contribution in [1.82, 2.24) is 10.6 Å². The predicted molar refractivity (Wildman–Crippen MR) is 75.0 cm³/mol. The molecule has 21 heavy (non-hydrogen) atoms. The highest BCUT2D eigenvalue weighted by Crippen LogP contribution is 2.44. The summed E-state index contributed by atoms with van der Waals surface area (Å²) in [7, 11) is 0. The first-order valence-electron chi connectivity index (χ1n) is 7.41. The zero-order valence-electron chi connectivity index (χ0n) is 12.0. The number of hydrogen-bond donors (Lipinski definition) is 3. The molecule has 1 aromatic heterocycles. The van der Waals surface area contributed by atoms with Gasteiger partial charge in [0.15, 0.2) is 0 Å². The Morgan fingerprint density at radius 1 is 1.33 bits per heavy atom. The van der Waals surface area contributed by atoms with E-state index < -0.39 is 5.97 Å². The molecule has 0 spiro atoms. The molecule has 0 aromatic carbocycles. The number of carboxylic acids is 1. The van der Waals surface area contributed by atoms with E-state index in [1.54, 1.807) is 6.92 Å². The third-order valence-corrected chi connectivity index (χ3v) is 4.18. The minimum atomic E-state index is -1.02. The van der Waals surface area contributed by atoms with Crippen molar-refractivity contribution < 1.29 is 19.1 Å². The molecule has 1 heterocycles. The van der Waals surface area contributed by atoms with Gasteiger partial charge in [-0.3, -0.25) is 0 Å². The van der Waals surface area contributed by atoms with Crippen LogP contribution in [0.25, 0.3) is 0 Å². The molecule has 6 heteroatoms. The summed E-state index contributed by atoms with van der Waals surface area (Å²) in [5, 5.41) is 14.7. The molecule has 3 N–H and O–H groups in total. The molecule has 0 atom stereocenters. The van der Waals surface area contributed by atoms with Crippen LogP contribution in [0.1, 0.15) is 47.6 Å². The average molecular weight is 292 g/mol. The van der Waals surface area contributed by atoms with Crippen molar-refractivity contribution in [3.05, 3.63) is 23.2 Å². The van der Waals surface area contributed by atoms with E-state index in [0.717, 1.165) is 0 Å². The van der Waals surface area contributed by atoms with Crippen LogP contribution in [0.2, 0.25) is 0 Å². The van der Waals surface area contributed by atoms with Crippen LogP contribution >= 0.6 is 0 Å². The van der Waals surface area contributed by atoms with Crippen LogP contribution in [0, 0.1) is 18.8 Å². The van der Waals surface area contributed by atoms with Crippen molar-refractivity contribution in [3.8, 4) is 0 Å². The summed E-state index contributed by atoms with van der Waals surface area (Å²) in [5.74, 6) is 1.08. The Morgan fingerprint density at radius 3 is 2.43 bits per heavy atom. The van der Waals surface area contributed by atoms with Gasteiger partial charge in [-0.25, -0.2) is 9.59 Å². The van der Waals surface area contributed by atoms with Crippen LogP contribution in [0.5, 0.6) is 0 Å². The quantitative estimate of drug-likeness (QED) is 0.750. The van der Waals surface area contributed by atoms with E-state index >= 15 is 0 Å². The number of furan rings is 1. The van der Waals surface area contributed by atoms with Crippen molar-refractivity contribution in [1.29, 1.82) is 0 Å². The molecule has 1 aromatic rings. The molecule has 2 aliphatic rings. The molecule has 2 amide bonds. The van der Waals surface area contributed by atoms with Gasteiger partial charge in [0.25, 0.3) is 0 Å². The lowest BCUT2D eigenvalue weighted by molar-refractivity contribution is 0.0695. The first kappa shape index (κ1) is 14.0. The van der Waals surface area contributed by atoms with Gasteiger partial charge in [0.2, 0.25) is 0 Å². The van der Waals surface area contributed by atoms with Gasteiger partial charge in [0.1, 0.15) is 17.1 Å². The number of urea groups is 1. The van der Waals surface area contributed by atoms with E-state index in [-0.39, 0.29) is 18.1 Å². The molecule has 2 saturated carbocycles. The Labute approximate surface area is 122 Å². The summed E-state index contributed by atoms with van der Waals surface area (Å²) in [6, 6.07) is 1.56. The average Bonchev–Trinajstić information content (AvgIpc) is 3.32. The van der Waals surface area contributed by atoms with Gasteiger partial charge in [-0.15, -0.1) is 0 Å². The summed E-state index contributed by atoms with van der Waals surface area (Å²) >= 11 is 0. The number of carbonyl (C=O) groups is 2. The SMILES string of the molecule is Cc1oc(CNC(=O)NC(C2CC2)C2CC2)cc1C(=O)O. The van der Waals surface area contributed by atoms with Crippen LogP contribution in [0.15, 0.2) is 10.5 Å². The lowest BCUT2D eigenvalue weighted by Gasteiger charge is -2.17. The van der Waals surface area contributed by atoms with Crippen LogP contribution in [-0.2, 0) is 6.54 Å². The third-order valence-electron chi connectivity index (χ3n) is 4.18. The molecule has 3 rings (SSSR count). The number of aromatic carboxylic acids is 1. The number of rotatable bonds is 6. The molecule has 6 nitrogen and oxygen atoms in total. The van der Waals surface area contributed by atoms with Crippen LogP contribution in [0.4, 0.5) is 4.79 Å². The van der Waals surface area contributed by atoms with Crippen molar-refractivity contribution in [2.24, 2.45) is 11.8 Å². The molecule has 2 fully saturated rings. The Bertz CT molecular complexity index is 546. The highest BCUT2D eigenvalue weighted by Gasteiger charge is 2.42. The Hall–Kier alpha value is -1.98. The lowest BCUT2D eigenvalue weighted by atomic mass is 10.1. The fraction of sp³-hybridized carbons (Fsp3) is 0.600. The van der Waals surface area contributed by atoms with Gasteiger partial charge in [-0.2, -0.15) is 0 Å². The molecule has 114 valence electrons. The highest BCUT2D eigenvalue weighted by molar-refractivity contribution is 5.88. The largest absolute Gasteiger partial charge is 0.478 e. The first-order valence-corrected chi connectivity index (χ1v) is 7.41. The van der Waals surface area contributed by atoms with Gasteiger partial charge >= 0.3 is 12.0 Å². The summed E-state index contributed by atoms with van der Waals surface area (Å²) in [4.78, 5) is 22.9. The van der Waals surface area contributed by atoms with Crippen LogP contribution in [-0.4, -0.2) is 23.1 Å². The minimum Gasteiger partial charge on any atom is -0.478 e. The van der Waals surface area contributed by atoms with Gasteiger partial charge < -0.3 is 20.2 Å². The first-order chi connectivity index (χ1) is 10.0. The zero-order chi connectivity index (χ0) is 15.0. The van der Waals surface area contributed by atoms with Gasteiger partial charge in [-0.1, -0.05) is 0 Å². The standard InChI is InChI=1S/C15H20N2O4/c1-8-12(14(18)19)6-11(21-8)7-16-15(20)17-13(9-2-3-9)10-4-5-10/h6,9-10,13H,2-5,7H2,1H3,(H,18,19)(H2,16,17,20). The fourth-order valence-corrected chi connectivity index (χ4v) is 2.74. The van der Waals surface area contributed by atoms with Crippen molar-refractivity contribution >= 4 is 12.0 Å². The molecular formula is C15H20N2O4. The second-order valence-electron chi connectivity index (χ2n) is 6.02. The number of carboxylic acid groups (broad SMARTS) is 1. The summed E-state index contributed by atoms with van der Waals surface area (Å²) in [6.45, 7) is 1.80. The van der Waals surface area contributed by atoms with Crippen molar-refractivity contribution in [3.63, 3.8) is 0 Å². The second kappa shape index (κ2) is 5.42. The molecule has 0 unspecified atom stereocenters. The van der Waals surface area contributed by atoms with Gasteiger partial charge in [-0.05, 0) is 50.5 Å². The van der Waals surface area contributed by atoms with Gasteiger partial charge in [0.05, 0.1) is 6.54 Å². The third kappa shape index (κ3) is 3.37. The molecular weight excluding hydrogens is 272 g/mol. The summed E-state index contributed by atoms with van der Waals surface area (Å²) in [5.41, 5.74) is 0.140. The van der Waals surface area contributed by atoms with E-state index in [1.807, 2.05) is 0 Å². The molecule has 0 saturated heterocycles. The van der Waals surface area contributed by atoms with E-state index in [0.29, 0.717) is 29.4 Å². The maximum absolute atomic E-state index is 11.9. The molecule has 0 radical (unpaired) electrons. The Kier molecular flexibility index (Phi) is 3.61. The van der Waals surface area contributed by atoms with Crippen LogP contribution in [0.3, 0.4) is 0 Å². The number of carbonyl (C=O) groups excluding carboxylic acids is 1. The van der Waals surface area contributed by atoms with Crippen LogP contribution < -0.4 is 10.6 Å². The zero-order valence-corrected chi connectivity index (χ0v) is 12.0.